The van der Waals surface area contributed by atoms with Crippen LogP contribution in [0.2, 0.25) is 0 Å². The Kier molecular flexibility index (Phi) is 5.73. The molecule has 1 fully saturated rings. The van der Waals surface area contributed by atoms with E-state index in [1.165, 1.54) is 0 Å². The number of aliphatic hydroxyl groups excluding tert-OH is 1. The van der Waals surface area contributed by atoms with Gasteiger partial charge >= 0.3 is 0 Å². The highest BCUT2D eigenvalue weighted by Crippen LogP contribution is 2.18. The van der Waals surface area contributed by atoms with Gasteiger partial charge in [-0.3, -0.25) is 4.79 Å². The number of hydrogen-bond donors (Lipinski definition) is 2. The van der Waals surface area contributed by atoms with Crippen molar-refractivity contribution in [2.45, 2.75) is 37.8 Å². The van der Waals surface area contributed by atoms with Crippen LogP contribution in [0, 0.1) is 0 Å². The molecule has 1 aliphatic rings. The number of rotatable bonds is 6. The quantitative estimate of drug-likeness (QED) is 0.616. The molecule has 0 spiro atoms. The van der Waals surface area contributed by atoms with E-state index in [2.05, 4.69) is 0 Å². The van der Waals surface area contributed by atoms with Gasteiger partial charge in [0.05, 0.1) is 18.7 Å². The van der Waals surface area contributed by atoms with Gasteiger partial charge in [0.1, 0.15) is 0 Å². The highest BCUT2D eigenvalue weighted by atomic mass is 16.5. The molecule has 1 saturated heterocycles. The third-order valence-corrected chi connectivity index (χ3v) is 3.05. The lowest BCUT2D eigenvalue weighted by Crippen LogP contribution is -2.47. The van der Waals surface area contributed by atoms with Gasteiger partial charge in [-0.05, 0) is 25.7 Å². The second-order valence-electron chi connectivity index (χ2n) is 4.25. The van der Waals surface area contributed by atoms with Crippen molar-refractivity contribution < 1.29 is 14.6 Å². The summed E-state index contributed by atoms with van der Waals surface area (Å²) in [6.45, 7) is 1.39. The van der Waals surface area contributed by atoms with Crippen molar-refractivity contribution in [1.82, 2.24) is 4.90 Å². The van der Waals surface area contributed by atoms with Crippen molar-refractivity contribution in [2.75, 3.05) is 26.9 Å². The first-order valence-electron chi connectivity index (χ1n) is 5.86. The van der Waals surface area contributed by atoms with Crippen LogP contribution in [-0.2, 0) is 9.53 Å². The third-order valence-electron chi connectivity index (χ3n) is 3.05. The molecule has 0 aromatic carbocycles. The second kappa shape index (κ2) is 6.83. The zero-order valence-electron chi connectivity index (χ0n) is 9.89. The minimum atomic E-state index is -0.456. The average Bonchev–Trinajstić information content (AvgIpc) is 2.76. The number of likely N-dealkylation sites (tertiary alicyclic amines) is 1. The van der Waals surface area contributed by atoms with E-state index in [1.807, 2.05) is 0 Å². The SMILES string of the molecule is COCCCC(N)C(=O)N1CCCC1CO. The van der Waals surface area contributed by atoms with Crippen molar-refractivity contribution >= 4 is 5.91 Å². The molecule has 0 aliphatic carbocycles. The van der Waals surface area contributed by atoms with Crippen molar-refractivity contribution in [3.63, 3.8) is 0 Å². The molecule has 1 aliphatic heterocycles. The fourth-order valence-corrected chi connectivity index (χ4v) is 2.10. The molecule has 0 saturated carbocycles. The van der Waals surface area contributed by atoms with Gasteiger partial charge < -0.3 is 20.5 Å². The summed E-state index contributed by atoms with van der Waals surface area (Å²) >= 11 is 0. The maximum Gasteiger partial charge on any atom is 0.239 e. The van der Waals surface area contributed by atoms with Gasteiger partial charge in [0.15, 0.2) is 0 Å². The lowest BCUT2D eigenvalue weighted by Gasteiger charge is -2.26. The maximum absolute atomic E-state index is 12.0. The molecular formula is C11H22N2O3. The minimum absolute atomic E-state index is 0.0269. The number of ether oxygens (including phenoxy) is 1. The highest BCUT2D eigenvalue weighted by Gasteiger charge is 2.30. The summed E-state index contributed by atoms with van der Waals surface area (Å²) in [6, 6.07) is -0.483. The first-order valence-corrected chi connectivity index (χ1v) is 5.86. The largest absolute Gasteiger partial charge is 0.394 e. The number of carbonyl (C=O) groups excluding carboxylic acids is 1. The molecule has 0 radical (unpaired) electrons. The molecule has 0 aromatic heterocycles. The third kappa shape index (κ3) is 3.43. The average molecular weight is 230 g/mol. The predicted octanol–water partition coefficient (Wildman–Crippen LogP) is -0.276. The Morgan fingerprint density at radius 2 is 2.44 bits per heavy atom. The van der Waals surface area contributed by atoms with E-state index in [0.29, 0.717) is 13.0 Å². The van der Waals surface area contributed by atoms with Crippen molar-refractivity contribution in [3.05, 3.63) is 0 Å². The van der Waals surface area contributed by atoms with E-state index in [4.69, 9.17) is 15.6 Å². The van der Waals surface area contributed by atoms with E-state index in [0.717, 1.165) is 25.8 Å². The number of carbonyl (C=O) groups is 1. The van der Waals surface area contributed by atoms with Crippen LogP contribution in [0.1, 0.15) is 25.7 Å². The zero-order valence-corrected chi connectivity index (χ0v) is 9.89. The molecule has 2 atom stereocenters. The van der Waals surface area contributed by atoms with Crippen LogP contribution in [0.25, 0.3) is 0 Å². The van der Waals surface area contributed by atoms with Crippen molar-refractivity contribution in [2.24, 2.45) is 5.73 Å². The van der Waals surface area contributed by atoms with E-state index in [-0.39, 0.29) is 18.6 Å². The van der Waals surface area contributed by atoms with Gasteiger partial charge in [-0.25, -0.2) is 0 Å². The van der Waals surface area contributed by atoms with E-state index >= 15 is 0 Å². The molecule has 2 unspecified atom stereocenters. The van der Waals surface area contributed by atoms with Crippen LogP contribution in [0.3, 0.4) is 0 Å². The van der Waals surface area contributed by atoms with E-state index < -0.39 is 6.04 Å². The number of aliphatic hydroxyl groups is 1. The summed E-state index contributed by atoms with van der Waals surface area (Å²) in [4.78, 5) is 13.7. The normalized spacial score (nSPS) is 22.4. The van der Waals surface area contributed by atoms with Crippen LogP contribution in [0.15, 0.2) is 0 Å². The predicted molar refractivity (Wildman–Crippen MR) is 60.9 cm³/mol. The minimum Gasteiger partial charge on any atom is -0.394 e. The van der Waals surface area contributed by atoms with Crippen LogP contribution < -0.4 is 5.73 Å². The summed E-state index contributed by atoms with van der Waals surface area (Å²) in [5.74, 6) is -0.0346. The smallest absolute Gasteiger partial charge is 0.239 e. The van der Waals surface area contributed by atoms with Gasteiger partial charge in [-0.1, -0.05) is 0 Å². The van der Waals surface area contributed by atoms with Crippen molar-refractivity contribution in [1.29, 1.82) is 0 Å². The fraction of sp³-hybridized carbons (Fsp3) is 0.909. The molecule has 94 valence electrons. The topological polar surface area (TPSA) is 75.8 Å². The monoisotopic (exact) mass is 230 g/mol. The zero-order chi connectivity index (χ0) is 12.0. The number of methoxy groups -OCH3 is 1. The van der Waals surface area contributed by atoms with Gasteiger partial charge in [0.2, 0.25) is 5.91 Å². The Morgan fingerprint density at radius 1 is 1.69 bits per heavy atom. The molecular weight excluding hydrogens is 208 g/mol. The Morgan fingerprint density at radius 3 is 3.06 bits per heavy atom. The molecule has 16 heavy (non-hydrogen) atoms. The number of nitrogens with two attached hydrogens (primary N) is 1. The summed E-state index contributed by atoms with van der Waals surface area (Å²) in [5, 5.41) is 9.13. The van der Waals surface area contributed by atoms with Gasteiger partial charge in [-0.15, -0.1) is 0 Å². The maximum atomic E-state index is 12.0. The van der Waals surface area contributed by atoms with Crippen LogP contribution in [0.4, 0.5) is 0 Å². The lowest BCUT2D eigenvalue weighted by atomic mass is 10.1. The second-order valence-corrected chi connectivity index (χ2v) is 4.25. The number of nitrogens with zero attached hydrogens (tertiary/aromatic N) is 1. The van der Waals surface area contributed by atoms with Crippen LogP contribution >= 0.6 is 0 Å². The first-order chi connectivity index (χ1) is 7.70. The summed E-state index contributed by atoms with van der Waals surface area (Å²) in [5.41, 5.74) is 5.83. The van der Waals surface area contributed by atoms with Crippen LogP contribution in [0.5, 0.6) is 0 Å². The standard InChI is InChI=1S/C11H22N2O3/c1-16-7-3-5-10(12)11(15)13-6-2-4-9(13)8-14/h9-10,14H,2-8,12H2,1H3. The number of amides is 1. The Labute approximate surface area is 96.6 Å². The van der Waals surface area contributed by atoms with Gasteiger partial charge in [0, 0.05) is 20.3 Å². The van der Waals surface area contributed by atoms with Gasteiger partial charge in [-0.2, -0.15) is 0 Å². The molecule has 0 aromatic rings. The van der Waals surface area contributed by atoms with Crippen molar-refractivity contribution in [3.8, 4) is 0 Å². The molecule has 3 N–H and O–H groups in total. The van der Waals surface area contributed by atoms with Crippen LogP contribution in [-0.4, -0.2) is 54.9 Å². The molecule has 1 amide bonds. The molecule has 1 heterocycles. The Hall–Kier alpha value is -0.650. The lowest BCUT2D eigenvalue weighted by molar-refractivity contribution is -0.134. The molecule has 1 rings (SSSR count). The Bertz CT molecular complexity index is 223. The summed E-state index contributed by atoms with van der Waals surface area (Å²) < 4.78 is 4.92. The Balaban J connectivity index is 2.37. The van der Waals surface area contributed by atoms with E-state index in [9.17, 15) is 4.79 Å². The van der Waals surface area contributed by atoms with E-state index in [1.54, 1.807) is 12.0 Å². The summed E-state index contributed by atoms with van der Waals surface area (Å²) in [7, 11) is 1.63. The number of hydrogen-bond acceptors (Lipinski definition) is 4. The fourth-order valence-electron chi connectivity index (χ4n) is 2.10. The van der Waals surface area contributed by atoms with Gasteiger partial charge in [0.25, 0.3) is 0 Å². The first kappa shape index (κ1) is 13.4. The highest BCUT2D eigenvalue weighted by molar-refractivity contribution is 5.82. The molecule has 0 bridgehead atoms. The molecule has 5 heteroatoms. The summed E-state index contributed by atoms with van der Waals surface area (Å²) in [6.07, 6.45) is 3.27. The molecule has 5 nitrogen and oxygen atoms in total.